The third-order valence-corrected chi connectivity index (χ3v) is 4.08. The fourth-order valence-electron chi connectivity index (χ4n) is 2.91. The molecule has 1 amide bonds. The van der Waals surface area contributed by atoms with Gasteiger partial charge in [-0.05, 0) is 31.4 Å². The van der Waals surface area contributed by atoms with Gasteiger partial charge in [-0.2, -0.15) is 4.98 Å². The van der Waals surface area contributed by atoms with Crippen LogP contribution in [0, 0.1) is 12.8 Å². The molecule has 3 aromatic rings. The number of aryl methyl sites for hydroxylation is 1. The first kappa shape index (κ1) is 16.2. The molecule has 1 N–H and O–H groups in total. The number of carbonyl (C=O) groups is 1. The van der Waals surface area contributed by atoms with Gasteiger partial charge >= 0.3 is 0 Å². The molecule has 6 nitrogen and oxygen atoms in total. The van der Waals surface area contributed by atoms with E-state index in [1.807, 2.05) is 40.4 Å². The molecule has 0 aliphatic heterocycles. The van der Waals surface area contributed by atoms with E-state index < -0.39 is 0 Å². The zero-order valence-electron chi connectivity index (χ0n) is 14.2. The van der Waals surface area contributed by atoms with Crippen molar-refractivity contribution in [3.63, 3.8) is 0 Å². The van der Waals surface area contributed by atoms with Gasteiger partial charge in [0.05, 0.1) is 5.52 Å². The van der Waals surface area contributed by atoms with E-state index in [0.29, 0.717) is 18.1 Å². The minimum atomic E-state index is -0.267. The predicted octanol–water partition coefficient (Wildman–Crippen LogP) is 2.12. The highest BCUT2D eigenvalue weighted by Crippen LogP contribution is 2.21. The van der Waals surface area contributed by atoms with Gasteiger partial charge in [0.25, 0.3) is 5.56 Å². The van der Waals surface area contributed by atoms with Crippen LogP contribution in [0.25, 0.3) is 16.6 Å². The van der Waals surface area contributed by atoms with Gasteiger partial charge in [-0.3, -0.25) is 14.3 Å². The van der Waals surface area contributed by atoms with Gasteiger partial charge in [-0.25, -0.2) is 4.52 Å². The molecule has 0 radical (unpaired) electrons. The van der Waals surface area contributed by atoms with Gasteiger partial charge in [-0.1, -0.05) is 26.0 Å². The van der Waals surface area contributed by atoms with Crippen LogP contribution in [-0.2, 0) is 11.3 Å². The number of amides is 1. The lowest BCUT2D eigenvalue weighted by Crippen LogP contribution is -2.30. The lowest BCUT2D eigenvalue weighted by molar-refractivity contribution is -0.121. The van der Waals surface area contributed by atoms with Gasteiger partial charge < -0.3 is 5.32 Å². The third-order valence-electron chi connectivity index (χ3n) is 4.08. The number of carbonyl (C=O) groups excluding carboxylic acids is 1. The predicted molar refractivity (Wildman–Crippen MR) is 94.2 cm³/mol. The van der Waals surface area contributed by atoms with Gasteiger partial charge in [0.2, 0.25) is 5.91 Å². The van der Waals surface area contributed by atoms with E-state index in [-0.39, 0.29) is 18.0 Å². The van der Waals surface area contributed by atoms with Crippen LogP contribution >= 0.6 is 0 Å². The van der Waals surface area contributed by atoms with Crippen molar-refractivity contribution in [2.75, 3.05) is 6.54 Å². The first-order valence-electron chi connectivity index (χ1n) is 8.22. The van der Waals surface area contributed by atoms with Crippen molar-refractivity contribution >= 4 is 22.5 Å². The molecule has 0 saturated carbocycles. The lowest BCUT2D eigenvalue weighted by Gasteiger charge is -2.11. The summed E-state index contributed by atoms with van der Waals surface area (Å²) in [4.78, 5) is 28.2. The van der Waals surface area contributed by atoms with Gasteiger partial charge in [-0.15, -0.1) is 0 Å². The number of rotatable bonds is 5. The molecule has 24 heavy (non-hydrogen) atoms. The van der Waals surface area contributed by atoms with Crippen LogP contribution in [0.1, 0.15) is 26.0 Å². The Morgan fingerprint density at radius 3 is 2.79 bits per heavy atom. The highest BCUT2D eigenvalue weighted by Gasteiger charge is 2.15. The standard InChI is InChI=1S/C18H22N4O2/c1-12(2)8-9-19-17(24)11-21-15-7-5-4-6-14(15)18-20-16(23)10-13(3)22(18)21/h4-7,10,12H,8-9,11H2,1-3H3,(H,19,24). The fourth-order valence-corrected chi connectivity index (χ4v) is 2.91. The highest BCUT2D eigenvalue weighted by atomic mass is 16.2. The lowest BCUT2D eigenvalue weighted by atomic mass is 10.1. The van der Waals surface area contributed by atoms with Crippen molar-refractivity contribution in [3.05, 3.63) is 46.4 Å². The van der Waals surface area contributed by atoms with Crippen LogP contribution in [0.15, 0.2) is 35.1 Å². The van der Waals surface area contributed by atoms with Crippen LogP contribution in [0.4, 0.5) is 0 Å². The summed E-state index contributed by atoms with van der Waals surface area (Å²) < 4.78 is 3.71. The second-order valence-corrected chi connectivity index (χ2v) is 6.48. The zero-order valence-corrected chi connectivity index (χ0v) is 14.2. The molecule has 0 spiro atoms. The summed E-state index contributed by atoms with van der Waals surface area (Å²) in [5.41, 5.74) is 1.97. The van der Waals surface area contributed by atoms with Gasteiger partial charge in [0.15, 0.2) is 5.65 Å². The minimum Gasteiger partial charge on any atom is -0.354 e. The SMILES string of the molecule is Cc1cc(=O)nc2c3ccccc3n(CC(=O)NCCC(C)C)n12. The average Bonchev–Trinajstić information content (AvgIpc) is 2.81. The molecule has 0 aliphatic carbocycles. The molecule has 0 bridgehead atoms. The second kappa shape index (κ2) is 6.47. The third kappa shape index (κ3) is 3.04. The quantitative estimate of drug-likeness (QED) is 0.781. The Morgan fingerprint density at radius 2 is 2.04 bits per heavy atom. The topological polar surface area (TPSA) is 68.4 Å². The Morgan fingerprint density at radius 1 is 1.29 bits per heavy atom. The number of para-hydroxylation sites is 1. The monoisotopic (exact) mass is 326 g/mol. The van der Waals surface area contributed by atoms with E-state index in [2.05, 4.69) is 24.1 Å². The number of nitrogens with zero attached hydrogens (tertiary/aromatic N) is 3. The van der Waals surface area contributed by atoms with Crippen LogP contribution in [-0.4, -0.2) is 26.6 Å². The number of nitrogens with one attached hydrogen (secondary N) is 1. The Balaban J connectivity index is 2.03. The summed E-state index contributed by atoms with van der Waals surface area (Å²) in [6.07, 6.45) is 0.951. The van der Waals surface area contributed by atoms with E-state index in [0.717, 1.165) is 23.0 Å². The van der Waals surface area contributed by atoms with Crippen LogP contribution in [0.3, 0.4) is 0 Å². The van der Waals surface area contributed by atoms with Crippen LogP contribution in [0.2, 0.25) is 0 Å². The molecule has 1 aromatic carbocycles. The van der Waals surface area contributed by atoms with Crippen LogP contribution in [0.5, 0.6) is 0 Å². The van der Waals surface area contributed by atoms with Crippen molar-refractivity contribution in [3.8, 4) is 0 Å². The molecule has 2 heterocycles. The van der Waals surface area contributed by atoms with E-state index >= 15 is 0 Å². The molecule has 2 aromatic heterocycles. The first-order chi connectivity index (χ1) is 11.5. The summed E-state index contributed by atoms with van der Waals surface area (Å²) >= 11 is 0. The fraction of sp³-hybridized carbons (Fsp3) is 0.389. The van der Waals surface area contributed by atoms with E-state index in [9.17, 15) is 9.59 Å². The molecule has 3 rings (SSSR count). The molecule has 0 saturated heterocycles. The van der Waals surface area contributed by atoms with Crippen LogP contribution < -0.4 is 10.9 Å². The van der Waals surface area contributed by atoms with Gasteiger partial charge in [0, 0.05) is 23.7 Å². The summed E-state index contributed by atoms with van der Waals surface area (Å²) in [6.45, 7) is 6.96. The van der Waals surface area contributed by atoms with Crippen molar-refractivity contribution in [2.24, 2.45) is 5.92 Å². The Kier molecular flexibility index (Phi) is 4.38. The van der Waals surface area contributed by atoms with Crippen molar-refractivity contribution < 1.29 is 4.79 Å². The molecule has 0 unspecified atom stereocenters. The molecule has 0 fully saturated rings. The maximum absolute atomic E-state index is 12.3. The molecule has 0 atom stereocenters. The maximum atomic E-state index is 12.3. The molecule has 126 valence electrons. The van der Waals surface area contributed by atoms with Crippen molar-refractivity contribution in [1.29, 1.82) is 0 Å². The van der Waals surface area contributed by atoms with Crippen molar-refractivity contribution in [1.82, 2.24) is 19.5 Å². The number of benzene rings is 1. The Bertz CT molecular complexity index is 953. The average molecular weight is 326 g/mol. The minimum absolute atomic E-state index is 0.0450. The summed E-state index contributed by atoms with van der Waals surface area (Å²) in [5, 5.41) is 3.83. The smallest absolute Gasteiger partial charge is 0.273 e. The zero-order chi connectivity index (χ0) is 17.3. The molecule has 0 aliphatic rings. The second-order valence-electron chi connectivity index (χ2n) is 6.48. The summed E-state index contributed by atoms with van der Waals surface area (Å²) in [5.74, 6) is 0.506. The maximum Gasteiger partial charge on any atom is 0.273 e. The molecular weight excluding hydrogens is 304 g/mol. The van der Waals surface area contributed by atoms with Gasteiger partial charge in [0.1, 0.15) is 6.54 Å². The number of fused-ring (bicyclic) bond motifs is 3. The van der Waals surface area contributed by atoms with E-state index in [1.54, 1.807) is 0 Å². The number of aromatic nitrogens is 3. The van der Waals surface area contributed by atoms with E-state index in [1.165, 1.54) is 6.07 Å². The Labute approximate surface area is 140 Å². The molecule has 6 heteroatoms. The normalized spacial score (nSPS) is 11.5. The summed E-state index contributed by atoms with van der Waals surface area (Å²) in [6, 6.07) is 9.17. The summed E-state index contributed by atoms with van der Waals surface area (Å²) in [7, 11) is 0. The number of hydrogen-bond acceptors (Lipinski definition) is 3. The number of hydrogen-bond donors (Lipinski definition) is 1. The van der Waals surface area contributed by atoms with Crippen molar-refractivity contribution in [2.45, 2.75) is 33.7 Å². The highest BCUT2D eigenvalue weighted by molar-refractivity contribution is 5.93. The largest absolute Gasteiger partial charge is 0.354 e. The molecular formula is C18H22N4O2. The van der Waals surface area contributed by atoms with E-state index in [4.69, 9.17) is 0 Å². The Hall–Kier alpha value is -2.63. The first-order valence-corrected chi connectivity index (χ1v) is 8.22.